The highest BCUT2D eigenvalue weighted by atomic mass is 16.5. The van der Waals surface area contributed by atoms with Gasteiger partial charge in [0, 0.05) is 12.1 Å². The summed E-state index contributed by atoms with van der Waals surface area (Å²) in [6.07, 6.45) is 0. The van der Waals surface area contributed by atoms with Crippen LogP contribution in [0.5, 0.6) is 5.75 Å². The monoisotopic (exact) mass is 287 g/mol. The Hall–Kier alpha value is -2.30. The summed E-state index contributed by atoms with van der Waals surface area (Å²) in [5.74, 6) is 0.543. The predicted molar refractivity (Wildman–Crippen MR) is 82.9 cm³/mol. The number of rotatable bonds is 5. The summed E-state index contributed by atoms with van der Waals surface area (Å²) in [5.41, 5.74) is 3.14. The van der Waals surface area contributed by atoms with Crippen molar-refractivity contribution in [2.75, 3.05) is 11.9 Å². The molecular formula is C16H21N3O2. The number of carbonyl (C=O) groups is 1. The number of aryl methyl sites for hydroxylation is 2. The maximum Gasteiger partial charge on any atom is 0.255 e. The third-order valence-corrected chi connectivity index (χ3v) is 3.33. The molecule has 0 atom stereocenters. The Bertz CT molecular complexity index is 647. The van der Waals surface area contributed by atoms with E-state index in [0.29, 0.717) is 17.9 Å². The zero-order valence-electron chi connectivity index (χ0n) is 12.9. The molecule has 2 aromatic rings. The van der Waals surface area contributed by atoms with Crippen LogP contribution in [-0.4, -0.2) is 22.3 Å². The highest BCUT2D eigenvalue weighted by Gasteiger charge is 2.14. The van der Waals surface area contributed by atoms with Crippen LogP contribution in [0.4, 0.5) is 5.69 Å². The summed E-state index contributed by atoms with van der Waals surface area (Å²) in [4.78, 5) is 12.4. The fourth-order valence-corrected chi connectivity index (χ4v) is 2.27. The van der Waals surface area contributed by atoms with Gasteiger partial charge in [0.25, 0.3) is 5.91 Å². The molecule has 21 heavy (non-hydrogen) atoms. The predicted octanol–water partition coefficient (Wildman–Crippen LogP) is 3.17. The maximum absolute atomic E-state index is 12.4. The topological polar surface area (TPSA) is 56.1 Å². The zero-order valence-corrected chi connectivity index (χ0v) is 12.9. The Morgan fingerprint density at radius 2 is 2.10 bits per heavy atom. The fourth-order valence-electron chi connectivity index (χ4n) is 2.27. The SMILES string of the molecule is CCOc1cccc(C(=O)Nc2c(C)nn(CC)c2C)c1. The number of anilines is 1. The first-order valence-electron chi connectivity index (χ1n) is 7.15. The third-order valence-electron chi connectivity index (χ3n) is 3.33. The van der Waals surface area contributed by atoms with E-state index in [9.17, 15) is 4.79 Å². The maximum atomic E-state index is 12.4. The molecule has 0 saturated carbocycles. The molecule has 0 radical (unpaired) electrons. The van der Waals surface area contributed by atoms with Gasteiger partial charge < -0.3 is 10.1 Å². The molecule has 0 aliphatic heterocycles. The molecule has 0 aliphatic rings. The summed E-state index contributed by atoms with van der Waals surface area (Å²) in [7, 11) is 0. The zero-order chi connectivity index (χ0) is 15.4. The number of carbonyl (C=O) groups excluding carboxylic acids is 1. The molecular weight excluding hydrogens is 266 g/mol. The van der Waals surface area contributed by atoms with E-state index in [-0.39, 0.29) is 5.91 Å². The molecule has 0 aliphatic carbocycles. The average Bonchev–Trinajstić information content (AvgIpc) is 2.75. The molecule has 112 valence electrons. The van der Waals surface area contributed by atoms with Gasteiger partial charge in [0.05, 0.1) is 23.7 Å². The molecule has 0 saturated heterocycles. The number of benzene rings is 1. The number of ether oxygens (including phenoxy) is 1. The van der Waals surface area contributed by atoms with E-state index >= 15 is 0 Å². The van der Waals surface area contributed by atoms with Crippen LogP contribution < -0.4 is 10.1 Å². The van der Waals surface area contributed by atoms with E-state index in [2.05, 4.69) is 10.4 Å². The Morgan fingerprint density at radius 3 is 2.71 bits per heavy atom. The van der Waals surface area contributed by atoms with Crippen molar-refractivity contribution in [1.29, 1.82) is 0 Å². The third kappa shape index (κ3) is 3.24. The highest BCUT2D eigenvalue weighted by molar-refractivity contribution is 6.05. The highest BCUT2D eigenvalue weighted by Crippen LogP contribution is 2.21. The number of amides is 1. The van der Waals surface area contributed by atoms with Crippen LogP contribution in [0.2, 0.25) is 0 Å². The number of nitrogens with one attached hydrogen (secondary N) is 1. The summed E-state index contributed by atoms with van der Waals surface area (Å²) in [5, 5.41) is 7.34. The minimum Gasteiger partial charge on any atom is -0.494 e. The lowest BCUT2D eigenvalue weighted by molar-refractivity contribution is 0.102. The summed E-state index contributed by atoms with van der Waals surface area (Å²) >= 11 is 0. The molecule has 0 fully saturated rings. The number of hydrogen-bond acceptors (Lipinski definition) is 3. The molecule has 1 heterocycles. The van der Waals surface area contributed by atoms with Crippen molar-refractivity contribution in [3.63, 3.8) is 0 Å². The van der Waals surface area contributed by atoms with Crippen LogP contribution in [0.15, 0.2) is 24.3 Å². The van der Waals surface area contributed by atoms with Gasteiger partial charge >= 0.3 is 0 Å². The molecule has 1 aromatic carbocycles. The quantitative estimate of drug-likeness (QED) is 0.919. The first kappa shape index (κ1) is 15.1. The average molecular weight is 287 g/mol. The molecule has 0 spiro atoms. The Labute approximate surface area is 124 Å². The molecule has 2 rings (SSSR count). The van der Waals surface area contributed by atoms with Gasteiger partial charge in [-0.05, 0) is 45.9 Å². The van der Waals surface area contributed by atoms with Gasteiger partial charge in [0.15, 0.2) is 0 Å². The second kappa shape index (κ2) is 6.43. The van der Waals surface area contributed by atoms with E-state index in [4.69, 9.17) is 4.74 Å². The van der Waals surface area contributed by atoms with Crippen molar-refractivity contribution >= 4 is 11.6 Å². The van der Waals surface area contributed by atoms with Crippen molar-refractivity contribution in [2.24, 2.45) is 0 Å². The van der Waals surface area contributed by atoms with Crippen LogP contribution in [0.1, 0.15) is 35.6 Å². The summed E-state index contributed by atoms with van der Waals surface area (Å²) < 4.78 is 7.30. The molecule has 1 amide bonds. The molecule has 0 unspecified atom stereocenters. The van der Waals surface area contributed by atoms with Gasteiger partial charge in [0.1, 0.15) is 5.75 Å². The van der Waals surface area contributed by atoms with Crippen LogP contribution in [0.3, 0.4) is 0 Å². The van der Waals surface area contributed by atoms with Gasteiger partial charge in [-0.1, -0.05) is 6.07 Å². The van der Waals surface area contributed by atoms with Crippen LogP contribution in [0.25, 0.3) is 0 Å². The van der Waals surface area contributed by atoms with E-state index in [0.717, 1.165) is 23.6 Å². The smallest absolute Gasteiger partial charge is 0.255 e. The van der Waals surface area contributed by atoms with Gasteiger partial charge in [-0.15, -0.1) is 0 Å². The second-order valence-electron chi connectivity index (χ2n) is 4.78. The van der Waals surface area contributed by atoms with Crippen molar-refractivity contribution < 1.29 is 9.53 Å². The molecule has 0 bridgehead atoms. The largest absolute Gasteiger partial charge is 0.494 e. The Balaban J connectivity index is 2.22. The van der Waals surface area contributed by atoms with Gasteiger partial charge in [-0.2, -0.15) is 5.10 Å². The van der Waals surface area contributed by atoms with E-state index in [1.54, 1.807) is 12.1 Å². The molecule has 5 nitrogen and oxygen atoms in total. The standard InChI is InChI=1S/C16H21N3O2/c1-5-19-12(4)15(11(3)18-19)17-16(20)13-8-7-9-14(10-13)21-6-2/h7-10H,5-6H2,1-4H3,(H,17,20). The number of hydrogen-bond donors (Lipinski definition) is 1. The fraction of sp³-hybridized carbons (Fsp3) is 0.375. The lowest BCUT2D eigenvalue weighted by Crippen LogP contribution is -2.13. The first-order valence-corrected chi connectivity index (χ1v) is 7.15. The summed E-state index contributed by atoms with van der Waals surface area (Å²) in [6.45, 7) is 9.14. The lowest BCUT2D eigenvalue weighted by atomic mass is 10.2. The lowest BCUT2D eigenvalue weighted by Gasteiger charge is -2.08. The van der Waals surface area contributed by atoms with Gasteiger partial charge in [-0.3, -0.25) is 9.48 Å². The van der Waals surface area contributed by atoms with Crippen LogP contribution >= 0.6 is 0 Å². The van der Waals surface area contributed by atoms with Crippen molar-refractivity contribution in [2.45, 2.75) is 34.2 Å². The van der Waals surface area contributed by atoms with E-state index < -0.39 is 0 Å². The second-order valence-corrected chi connectivity index (χ2v) is 4.78. The number of aromatic nitrogens is 2. The minimum absolute atomic E-state index is 0.154. The summed E-state index contributed by atoms with van der Waals surface area (Å²) in [6, 6.07) is 7.17. The Kier molecular flexibility index (Phi) is 4.62. The van der Waals surface area contributed by atoms with Crippen LogP contribution in [-0.2, 0) is 6.54 Å². The normalized spacial score (nSPS) is 10.5. The Morgan fingerprint density at radius 1 is 1.33 bits per heavy atom. The first-order chi connectivity index (χ1) is 10.1. The van der Waals surface area contributed by atoms with E-state index in [1.165, 1.54) is 0 Å². The van der Waals surface area contributed by atoms with E-state index in [1.807, 2.05) is 44.5 Å². The van der Waals surface area contributed by atoms with Crippen molar-refractivity contribution in [1.82, 2.24) is 9.78 Å². The van der Waals surface area contributed by atoms with Crippen molar-refractivity contribution in [3.05, 3.63) is 41.2 Å². The van der Waals surface area contributed by atoms with Crippen LogP contribution in [0, 0.1) is 13.8 Å². The van der Waals surface area contributed by atoms with Gasteiger partial charge in [-0.25, -0.2) is 0 Å². The molecule has 5 heteroatoms. The van der Waals surface area contributed by atoms with Crippen molar-refractivity contribution in [3.8, 4) is 5.75 Å². The molecule has 1 N–H and O–H groups in total. The minimum atomic E-state index is -0.154. The molecule has 1 aromatic heterocycles. The van der Waals surface area contributed by atoms with Gasteiger partial charge in [0.2, 0.25) is 0 Å². The number of nitrogens with zero attached hydrogens (tertiary/aromatic N) is 2.